The Bertz CT molecular complexity index is 462. The van der Waals surface area contributed by atoms with Crippen molar-refractivity contribution in [3.63, 3.8) is 0 Å². The van der Waals surface area contributed by atoms with Crippen LogP contribution in [0.1, 0.15) is 59.8 Å². The molecule has 1 rings (SSSR count). The van der Waals surface area contributed by atoms with Crippen molar-refractivity contribution in [3.05, 3.63) is 36.0 Å². The second-order valence-corrected chi connectivity index (χ2v) is 7.74. The van der Waals surface area contributed by atoms with E-state index in [2.05, 4.69) is 25.3 Å². The molecule has 24 heavy (non-hydrogen) atoms. The van der Waals surface area contributed by atoms with Gasteiger partial charge in [0.2, 0.25) is 0 Å². The van der Waals surface area contributed by atoms with Gasteiger partial charge in [-0.1, -0.05) is 44.2 Å². The van der Waals surface area contributed by atoms with Crippen molar-refractivity contribution in [1.29, 1.82) is 0 Å². The van der Waals surface area contributed by atoms with E-state index in [1.807, 2.05) is 13.0 Å². The first kappa shape index (κ1) is 21.1. The maximum atomic E-state index is 10.5. The van der Waals surface area contributed by atoms with Gasteiger partial charge in [0.25, 0.3) is 0 Å². The summed E-state index contributed by atoms with van der Waals surface area (Å²) in [5.74, 6) is 0.725. The molecular formula is C20H34O4. The number of aliphatic hydroxyl groups excluding tert-OH is 1. The lowest BCUT2D eigenvalue weighted by molar-refractivity contribution is -0.270. The number of aliphatic hydroxyl groups is 2. The molecule has 4 atom stereocenters. The van der Waals surface area contributed by atoms with Crippen molar-refractivity contribution in [3.8, 4) is 0 Å². The molecule has 0 aromatic carbocycles. The monoisotopic (exact) mass is 338 g/mol. The van der Waals surface area contributed by atoms with Gasteiger partial charge in [-0.05, 0) is 56.9 Å². The quantitative estimate of drug-likeness (QED) is 0.400. The first-order chi connectivity index (χ1) is 11.1. The molecule has 0 saturated carbocycles. The maximum absolute atomic E-state index is 10.5. The van der Waals surface area contributed by atoms with Crippen molar-refractivity contribution in [2.75, 3.05) is 0 Å². The van der Waals surface area contributed by atoms with Gasteiger partial charge in [0, 0.05) is 6.42 Å². The standard InChI is InChI=1S/C20H34O4/c1-14(2)17-8-7-16(4)19(24-23)9-6-15(3)12-18(21)13-20(5,22)11-10-17/h10-12,14,17-19,21-23H,4,6-9,13H2,1-3,5H3. The van der Waals surface area contributed by atoms with Gasteiger partial charge in [0.15, 0.2) is 0 Å². The minimum Gasteiger partial charge on any atom is -0.389 e. The van der Waals surface area contributed by atoms with Crippen molar-refractivity contribution < 1.29 is 20.4 Å². The molecule has 0 saturated heterocycles. The van der Waals surface area contributed by atoms with E-state index >= 15 is 0 Å². The van der Waals surface area contributed by atoms with Gasteiger partial charge in [-0.2, -0.15) is 0 Å². The fraction of sp³-hybridized carbons (Fsp3) is 0.700. The second kappa shape index (κ2) is 9.52. The Labute approximate surface area is 146 Å². The summed E-state index contributed by atoms with van der Waals surface area (Å²) in [5, 5.41) is 29.9. The molecule has 1 aliphatic rings. The summed E-state index contributed by atoms with van der Waals surface area (Å²) in [5.41, 5.74) is 0.851. The van der Waals surface area contributed by atoms with Crippen LogP contribution in [-0.2, 0) is 4.89 Å². The van der Waals surface area contributed by atoms with E-state index in [9.17, 15) is 15.5 Å². The molecule has 4 heteroatoms. The van der Waals surface area contributed by atoms with Crippen LogP contribution in [0, 0.1) is 11.8 Å². The topological polar surface area (TPSA) is 69.9 Å². The lowest BCUT2D eigenvalue weighted by Crippen LogP contribution is -2.27. The summed E-state index contributed by atoms with van der Waals surface area (Å²) in [7, 11) is 0. The van der Waals surface area contributed by atoms with Crippen LogP contribution in [0.25, 0.3) is 0 Å². The van der Waals surface area contributed by atoms with Gasteiger partial charge < -0.3 is 10.2 Å². The number of allylic oxidation sites excluding steroid dienone is 2. The SMILES string of the molecule is C=C1CCC(C(C)C)C=CC(C)(O)CC(O)C=C(C)CCC1OO. The summed E-state index contributed by atoms with van der Waals surface area (Å²) in [6.07, 6.45) is 7.78. The zero-order chi connectivity index (χ0) is 18.3. The van der Waals surface area contributed by atoms with Crippen LogP contribution < -0.4 is 0 Å². The highest BCUT2D eigenvalue weighted by atomic mass is 17.1. The molecule has 0 radical (unpaired) electrons. The second-order valence-electron chi connectivity index (χ2n) is 7.74. The Balaban J connectivity index is 3.02. The Morgan fingerprint density at radius 3 is 2.54 bits per heavy atom. The van der Waals surface area contributed by atoms with Crippen LogP contribution >= 0.6 is 0 Å². The van der Waals surface area contributed by atoms with Gasteiger partial charge in [-0.3, -0.25) is 5.26 Å². The van der Waals surface area contributed by atoms with Crippen LogP contribution in [0.3, 0.4) is 0 Å². The molecule has 138 valence electrons. The number of hydrogen-bond donors (Lipinski definition) is 3. The van der Waals surface area contributed by atoms with E-state index in [-0.39, 0.29) is 12.5 Å². The maximum Gasteiger partial charge on any atom is 0.114 e. The zero-order valence-corrected chi connectivity index (χ0v) is 15.5. The van der Waals surface area contributed by atoms with Crippen LogP contribution in [0.4, 0.5) is 0 Å². The highest BCUT2D eigenvalue weighted by Crippen LogP contribution is 2.27. The number of rotatable bonds is 2. The first-order valence-electron chi connectivity index (χ1n) is 8.89. The molecule has 0 amide bonds. The van der Waals surface area contributed by atoms with Gasteiger partial charge in [-0.15, -0.1) is 0 Å². The van der Waals surface area contributed by atoms with Gasteiger partial charge in [0.05, 0.1) is 11.7 Å². The van der Waals surface area contributed by atoms with Crippen molar-refractivity contribution >= 4 is 0 Å². The molecule has 4 nitrogen and oxygen atoms in total. The van der Waals surface area contributed by atoms with Crippen LogP contribution in [0.5, 0.6) is 0 Å². The van der Waals surface area contributed by atoms with Crippen LogP contribution in [0.2, 0.25) is 0 Å². The summed E-state index contributed by atoms with van der Waals surface area (Å²) >= 11 is 0. The molecule has 0 aliphatic heterocycles. The molecule has 0 spiro atoms. The predicted octanol–water partition coefficient (Wildman–Crippen LogP) is 4.25. The molecule has 0 fully saturated rings. The van der Waals surface area contributed by atoms with E-state index in [1.54, 1.807) is 19.1 Å². The highest BCUT2D eigenvalue weighted by Gasteiger charge is 2.23. The summed E-state index contributed by atoms with van der Waals surface area (Å²) in [6, 6.07) is 0. The third-order valence-corrected chi connectivity index (χ3v) is 4.84. The average Bonchev–Trinajstić information content (AvgIpc) is 2.45. The first-order valence-corrected chi connectivity index (χ1v) is 8.89. The predicted molar refractivity (Wildman–Crippen MR) is 97.6 cm³/mol. The third-order valence-electron chi connectivity index (χ3n) is 4.84. The van der Waals surface area contributed by atoms with Crippen molar-refractivity contribution in [2.45, 2.75) is 77.6 Å². The van der Waals surface area contributed by atoms with Crippen molar-refractivity contribution in [1.82, 2.24) is 0 Å². The minimum atomic E-state index is -1.04. The summed E-state index contributed by atoms with van der Waals surface area (Å²) < 4.78 is 0. The number of hydrogen-bond acceptors (Lipinski definition) is 4. The van der Waals surface area contributed by atoms with Gasteiger partial charge in [-0.25, -0.2) is 4.89 Å². The lowest BCUT2D eigenvalue weighted by atomic mass is 9.85. The average molecular weight is 338 g/mol. The molecule has 0 heterocycles. The van der Waals surface area contributed by atoms with Gasteiger partial charge in [0.1, 0.15) is 6.10 Å². The van der Waals surface area contributed by atoms with Crippen molar-refractivity contribution in [2.24, 2.45) is 11.8 Å². The molecule has 0 aromatic heterocycles. The Morgan fingerprint density at radius 2 is 1.96 bits per heavy atom. The van der Waals surface area contributed by atoms with E-state index in [1.165, 1.54) is 0 Å². The normalized spacial score (nSPS) is 34.1. The van der Waals surface area contributed by atoms with Gasteiger partial charge >= 0.3 is 0 Å². The largest absolute Gasteiger partial charge is 0.389 e. The Morgan fingerprint density at radius 1 is 1.29 bits per heavy atom. The molecule has 3 N–H and O–H groups in total. The Hall–Kier alpha value is -0.940. The Kier molecular flexibility index (Phi) is 8.37. The molecule has 0 aromatic rings. The third kappa shape index (κ3) is 7.31. The molecule has 1 aliphatic carbocycles. The summed E-state index contributed by atoms with van der Waals surface area (Å²) in [4.78, 5) is 4.62. The minimum absolute atomic E-state index is 0.262. The van der Waals surface area contributed by atoms with E-state index < -0.39 is 11.7 Å². The molecular weight excluding hydrogens is 304 g/mol. The lowest BCUT2D eigenvalue weighted by Gasteiger charge is -2.25. The fourth-order valence-corrected chi connectivity index (χ4v) is 3.15. The molecule has 0 bridgehead atoms. The van der Waals surface area contributed by atoms with E-state index in [0.717, 1.165) is 24.0 Å². The van der Waals surface area contributed by atoms with Crippen LogP contribution in [0.15, 0.2) is 36.0 Å². The zero-order valence-electron chi connectivity index (χ0n) is 15.5. The fourth-order valence-electron chi connectivity index (χ4n) is 3.15. The summed E-state index contributed by atoms with van der Waals surface area (Å²) in [6.45, 7) is 12.0. The highest BCUT2D eigenvalue weighted by molar-refractivity contribution is 5.11. The van der Waals surface area contributed by atoms with E-state index in [4.69, 9.17) is 0 Å². The van der Waals surface area contributed by atoms with Crippen LogP contribution in [-0.4, -0.2) is 33.3 Å². The van der Waals surface area contributed by atoms with E-state index in [0.29, 0.717) is 24.7 Å². The molecule has 4 unspecified atom stereocenters. The smallest absolute Gasteiger partial charge is 0.114 e.